The van der Waals surface area contributed by atoms with Crippen LogP contribution >= 0.6 is 11.6 Å². The largest absolute Gasteiger partial charge is 0.462 e. The normalized spacial score (nSPS) is 11.8. The molecule has 1 N–H and O–H groups in total. The number of aromatic nitrogens is 2. The van der Waals surface area contributed by atoms with E-state index in [4.69, 9.17) is 16.3 Å². The van der Waals surface area contributed by atoms with Gasteiger partial charge in [0.15, 0.2) is 0 Å². The fourth-order valence-corrected chi connectivity index (χ4v) is 3.83. The maximum atomic E-state index is 13.1. The molecule has 2 aromatic carbocycles. The van der Waals surface area contributed by atoms with Crippen LogP contribution in [0.15, 0.2) is 47.3 Å². The van der Waals surface area contributed by atoms with E-state index < -0.39 is 12.0 Å². The molecule has 3 rings (SSSR count). The van der Waals surface area contributed by atoms with E-state index in [2.05, 4.69) is 10.3 Å². The van der Waals surface area contributed by atoms with E-state index in [1.54, 1.807) is 58.9 Å². The quantitative estimate of drug-likeness (QED) is 0.497. The molecule has 2 amide bonds. The lowest BCUT2D eigenvalue weighted by atomic mass is 10.2. The van der Waals surface area contributed by atoms with Crippen molar-refractivity contribution >= 4 is 40.2 Å². The summed E-state index contributed by atoms with van der Waals surface area (Å²) in [6.07, 6.45) is 0. The lowest BCUT2D eigenvalue weighted by Gasteiger charge is -2.29. The summed E-state index contributed by atoms with van der Waals surface area (Å²) in [5, 5.41) is 3.80. The average molecular weight is 471 g/mol. The van der Waals surface area contributed by atoms with E-state index in [0.717, 1.165) is 0 Å². The molecule has 1 unspecified atom stereocenters. The van der Waals surface area contributed by atoms with E-state index in [1.165, 1.54) is 0 Å². The van der Waals surface area contributed by atoms with Crippen LogP contribution in [-0.2, 0) is 11.3 Å². The number of urea groups is 1. The SMILES string of the molecule is CCOC(=O)c1ccc(NC(=O)N(CC)C(C)c2nc3cc(Cl)ccc3c(=O)n2CC)cc1. The highest BCUT2D eigenvalue weighted by Gasteiger charge is 2.25. The van der Waals surface area contributed by atoms with Crippen molar-refractivity contribution in [3.05, 3.63) is 69.2 Å². The predicted octanol–water partition coefficient (Wildman–Crippen LogP) is 4.86. The molecular weight excluding hydrogens is 444 g/mol. The molecule has 9 heteroatoms. The third kappa shape index (κ3) is 5.17. The van der Waals surface area contributed by atoms with Crippen molar-refractivity contribution in [3.63, 3.8) is 0 Å². The van der Waals surface area contributed by atoms with Crippen LogP contribution in [0.4, 0.5) is 10.5 Å². The van der Waals surface area contributed by atoms with E-state index >= 15 is 0 Å². The zero-order valence-electron chi connectivity index (χ0n) is 19.1. The number of fused-ring (bicyclic) bond motifs is 1. The average Bonchev–Trinajstić information content (AvgIpc) is 2.79. The van der Waals surface area contributed by atoms with Gasteiger partial charge in [-0.3, -0.25) is 9.36 Å². The van der Waals surface area contributed by atoms with Gasteiger partial charge in [0.2, 0.25) is 0 Å². The number of amides is 2. The Balaban J connectivity index is 1.88. The minimum absolute atomic E-state index is 0.174. The van der Waals surface area contributed by atoms with Crippen molar-refractivity contribution < 1.29 is 14.3 Å². The highest BCUT2D eigenvalue weighted by Crippen LogP contribution is 2.23. The maximum Gasteiger partial charge on any atom is 0.338 e. The van der Waals surface area contributed by atoms with Gasteiger partial charge in [-0.25, -0.2) is 14.6 Å². The summed E-state index contributed by atoms with van der Waals surface area (Å²) in [4.78, 5) is 44.2. The van der Waals surface area contributed by atoms with Crippen LogP contribution in [0.5, 0.6) is 0 Å². The zero-order valence-corrected chi connectivity index (χ0v) is 19.8. The fraction of sp³-hybridized carbons (Fsp3) is 0.333. The van der Waals surface area contributed by atoms with Crippen LogP contribution in [0.3, 0.4) is 0 Å². The molecule has 1 heterocycles. The first-order valence-corrected chi connectivity index (χ1v) is 11.2. The Morgan fingerprint density at radius 3 is 2.45 bits per heavy atom. The van der Waals surface area contributed by atoms with E-state index in [9.17, 15) is 14.4 Å². The minimum Gasteiger partial charge on any atom is -0.462 e. The van der Waals surface area contributed by atoms with Gasteiger partial charge >= 0.3 is 12.0 Å². The summed E-state index contributed by atoms with van der Waals surface area (Å²) in [6, 6.07) is 10.6. The topological polar surface area (TPSA) is 93.5 Å². The number of anilines is 1. The minimum atomic E-state index is -0.482. The Labute approximate surface area is 197 Å². The molecule has 0 aliphatic heterocycles. The lowest BCUT2D eigenvalue weighted by molar-refractivity contribution is 0.0526. The second kappa shape index (κ2) is 10.5. The highest BCUT2D eigenvalue weighted by molar-refractivity contribution is 6.31. The van der Waals surface area contributed by atoms with Gasteiger partial charge in [0.05, 0.1) is 29.1 Å². The molecule has 0 bridgehead atoms. The Kier molecular flexibility index (Phi) is 7.71. The van der Waals surface area contributed by atoms with Crippen LogP contribution in [0.2, 0.25) is 5.02 Å². The number of rotatable bonds is 7. The molecule has 0 aliphatic carbocycles. The number of nitrogens with zero attached hydrogens (tertiary/aromatic N) is 3. The Morgan fingerprint density at radius 2 is 1.85 bits per heavy atom. The molecule has 1 aromatic heterocycles. The first-order chi connectivity index (χ1) is 15.8. The van der Waals surface area contributed by atoms with Crippen molar-refractivity contribution in [3.8, 4) is 0 Å². The summed E-state index contributed by atoms with van der Waals surface area (Å²) in [5.74, 6) is 0.0612. The van der Waals surface area contributed by atoms with Gasteiger partial charge < -0.3 is 15.0 Å². The molecule has 33 heavy (non-hydrogen) atoms. The number of benzene rings is 2. The predicted molar refractivity (Wildman–Crippen MR) is 129 cm³/mol. The first-order valence-electron chi connectivity index (χ1n) is 10.8. The van der Waals surface area contributed by atoms with Crippen LogP contribution < -0.4 is 10.9 Å². The van der Waals surface area contributed by atoms with E-state index in [0.29, 0.717) is 52.7 Å². The van der Waals surface area contributed by atoms with Gasteiger partial charge in [-0.15, -0.1) is 0 Å². The molecule has 1 atom stereocenters. The van der Waals surface area contributed by atoms with Crippen LogP contribution in [-0.4, -0.2) is 39.6 Å². The number of halogens is 1. The number of ether oxygens (including phenoxy) is 1. The second-order valence-electron chi connectivity index (χ2n) is 7.37. The van der Waals surface area contributed by atoms with Gasteiger partial charge in [-0.2, -0.15) is 0 Å². The summed E-state index contributed by atoms with van der Waals surface area (Å²) in [5.41, 5.74) is 1.25. The van der Waals surface area contributed by atoms with Crippen LogP contribution in [0.25, 0.3) is 10.9 Å². The number of carbonyl (C=O) groups is 2. The summed E-state index contributed by atoms with van der Waals surface area (Å²) in [6.45, 7) is 8.38. The molecule has 0 saturated carbocycles. The third-order valence-corrected chi connectivity index (χ3v) is 5.59. The molecule has 0 saturated heterocycles. The summed E-state index contributed by atoms with van der Waals surface area (Å²) < 4.78 is 6.55. The van der Waals surface area contributed by atoms with Crippen molar-refractivity contribution in [1.82, 2.24) is 14.5 Å². The van der Waals surface area contributed by atoms with Crippen molar-refractivity contribution in [1.29, 1.82) is 0 Å². The summed E-state index contributed by atoms with van der Waals surface area (Å²) in [7, 11) is 0. The molecule has 0 fully saturated rings. The monoisotopic (exact) mass is 470 g/mol. The van der Waals surface area contributed by atoms with Crippen molar-refractivity contribution in [2.24, 2.45) is 0 Å². The molecule has 3 aromatic rings. The number of hydrogen-bond donors (Lipinski definition) is 1. The van der Waals surface area contributed by atoms with Gasteiger partial charge in [0.1, 0.15) is 5.82 Å². The maximum absolute atomic E-state index is 13.1. The van der Waals surface area contributed by atoms with Gasteiger partial charge in [-0.1, -0.05) is 11.6 Å². The molecule has 0 radical (unpaired) electrons. The smallest absolute Gasteiger partial charge is 0.338 e. The number of carbonyl (C=O) groups excluding carboxylic acids is 2. The van der Waals surface area contributed by atoms with Crippen LogP contribution in [0, 0.1) is 0 Å². The van der Waals surface area contributed by atoms with Gasteiger partial charge in [-0.05, 0) is 70.2 Å². The lowest BCUT2D eigenvalue weighted by Crippen LogP contribution is -2.40. The van der Waals surface area contributed by atoms with E-state index in [1.807, 2.05) is 20.8 Å². The molecular formula is C24H27ClN4O4. The molecule has 174 valence electrons. The Hall–Kier alpha value is -3.39. The highest BCUT2D eigenvalue weighted by atomic mass is 35.5. The summed E-state index contributed by atoms with van der Waals surface area (Å²) >= 11 is 6.10. The van der Waals surface area contributed by atoms with Gasteiger partial charge in [0, 0.05) is 23.8 Å². The first kappa shape index (κ1) is 24.3. The Morgan fingerprint density at radius 1 is 1.15 bits per heavy atom. The molecule has 0 aliphatic rings. The van der Waals surface area contributed by atoms with Crippen molar-refractivity contribution in [2.75, 3.05) is 18.5 Å². The Bertz CT molecular complexity index is 1220. The number of nitrogens with one attached hydrogen (secondary N) is 1. The zero-order chi connectivity index (χ0) is 24.1. The molecule has 0 spiro atoms. The number of hydrogen-bond acceptors (Lipinski definition) is 5. The van der Waals surface area contributed by atoms with Crippen LogP contribution in [0.1, 0.15) is 49.9 Å². The van der Waals surface area contributed by atoms with Crippen molar-refractivity contribution in [2.45, 2.75) is 40.3 Å². The third-order valence-electron chi connectivity index (χ3n) is 5.35. The second-order valence-corrected chi connectivity index (χ2v) is 7.81. The van der Waals surface area contributed by atoms with Gasteiger partial charge in [0.25, 0.3) is 5.56 Å². The van der Waals surface area contributed by atoms with E-state index in [-0.39, 0.29) is 11.6 Å². The molecule has 8 nitrogen and oxygen atoms in total. The fourth-order valence-electron chi connectivity index (χ4n) is 3.67. The standard InChI is InChI=1S/C24H27ClN4O4/c1-5-28(24(32)26-18-11-8-16(9-12-18)23(31)33-7-3)15(4)21-27-20-14-17(25)10-13-19(20)22(30)29(21)6-2/h8-15H,5-7H2,1-4H3,(H,26,32). The number of esters is 1.